The standard InChI is InChI=1S/C7H12O/c1-5-7(4,8)6(2)3/h1,6,8H,2-4H3. The monoisotopic (exact) mass is 112 g/mol. The van der Waals surface area contributed by atoms with Crippen molar-refractivity contribution in [3.05, 3.63) is 0 Å². The van der Waals surface area contributed by atoms with E-state index in [0.717, 1.165) is 0 Å². The van der Waals surface area contributed by atoms with Gasteiger partial charge in [0.2, 0.25) is 0 Å². The summed E-state index contributed by atoms with van der Waals surface area (Å²) in [7, 11) is 0. The average molecular weight is 112 g/mol. The van der Waals surface area contributed by atoms with Gasteiger partial charge in [0.15, 0.2) is 0 Å². The summed E-state index contributed by atoms with van der Waals surface area (Å²) >= 11 is 0. The first-order chi connectivity index (χ1) is 3.50. The minimum absolute atomic E-state index is 0.132. The van der Waals surface area contributed by atoms with E-state index in [-0.39, 0.29) is 5.92 Å². The van der Waals surface area contributed by atoms with Crippen molar-refractivity contribution in [3.8, 4) is 12.3 Å². The van der Waals surface area contributed by atoms with Crippen LogP contribution in [0.2, 0.25) is 0 Å². The van der Waals surface area contributed by atoms with Crippen molar-refractivity contribution in [3.63, 3.8) is 0 Å². The van der Waals surface area contributed by atoms with Crippen LogP contribution in [-0.4, -0.2) is 10.7 Å². The maximum absolute atomic E-state index is 9.16. The van der Waals surface area contributed by atoms with Gasteiger partial charge in [-0.25, -0.2) is 0 Å². The molecule has 0 rings (SSSR count). The summed E-state index contributed by atoms with van der Waals surface area (Å²) < 4.78 is 0. The predicted octanol–water partition coefficient (Wildman–Crippen LogP) is 1.03. The van der Waals surface area contributed by atoms with Crippen LogP contribution in [0.25, 0.3) is 0 Å². The molecule has 0 aliphatic carbocycles. The van der Waals surface area contributed by atoms with Crippen molar-refractivity contribution in [2.75, 3.05) is 0 Å². The summed E-state index contributed by atoms with van der Waals surface area (Å²) in [5.74, 6) is 2.43. The Labute approximate surface area is 50.7 Å². The van der Waals surface area contributed by atoms with E-state index in [1.54, 1.807) is 6.92 Å². The van der Waals surface area contributed by atoms with Crippen molar-refractivity contribution in [1.82, 2.24) is 0 Å². The summed E-state index contributed by atoms with van der Waals surface area (Å²) in [6.45, 7) is 5.41. The molecule has 0 fully saturated rings. The van der Waals surface area contributed by atoms with Gasteiger partial charge in [-0.05, 0) is 12.8 Å². The summed E-state index contributed by atoms with van der Waals surface area (Å²) in [5, 5.41) is 9.16. The Morgan fingerprint density at radius 3 is 2.00 bits per heavy atom. The molecule has 0 aliphatic heterocycles. The molecule has 0 aromatic carbocycles. The molecule has 1 heteroatoms. The molecule has 0 saturated heterocycles. The molecule has 0 radical (unpaired) electrons. The number of aliphatic hydroxyl groups is 1. The average Bonchev–Trinajstić information content (AvgIpc) is 1.67. The summed E-state index contributed by atoms with van der Waals surface area (Å²) in [6.07, 6.45) is 5.01. The molecule has 0 aliphatic rings. The summed E-state index contributed by atoms with van der Waals surface area (Å²) in [5.41, 5.74) is -0.931. The number of rotatable bonds is 1. The molecule has 0 spiro atoms. The second kappa shape index (κ2) is 2.19. The van der Waals surface area contributed by atoms with E-state index in [4.69, 9.17) is 11.5 Å². The highest BCUT2D eigenvalue weighted by molar-refractivity contribution is 5.05. The molecular weight excluding hydrogens is 100 g/mol. The zero-order valence-corrected chi connectivity index (χ0v) is 5.60. The van der Waals surface area contributed by atoms with Gasteiger partial charge in [-0.2, -0.15) is 0 Å². The highest BCUT2D eigenvalue weighted by Crippen LogP contribution is 2.13. The van der Waals surface area contributed by atoms with Crippen molar-refractivity contribution < 1.29 is 5.11 Å². The van der Waals surface area contributed by atoms with Gasteiger partial charge in [-0.1, -0.05) is 19.8 Å². The van der Waals surface area contributed by atoms with Crippen LogP contribution in [0.4, 0.5) is 0 Å². The molecule has 1 nitrogen and oxygen atoms in total. The lowest BCUT2D eigenvalue weighted by Crippen LogP contribution is -2.28. The van der Waals surface area contributed by atoms with Gasteiger partial charge in [-0.15, -0.1) is 6.42 Å². The first-order valence-electron chi connectivity index (χ1n) is 2.71. The van der Waals surface area contributed by atoms with Gasteiger partial charge >= 0.3 is 0 Å². The second-order valence-corrected chi connectivity index (χ2v) is 2.45. The van der Waals surface area contributed by atoms with Crippen molar-refractivity contribution in [2.45, 2.75) is 26.4 Å². The Kier molecular flexibility index (Phi) is 2.06. The Morgan fingerprint density at radius 1 is 1.62 bits per heavy atom. The van der Waals surface area contributed by atoms with Crippen LogP contribution in [0, 0.1) is 18.3 Å². The molecule has 1 unspecified atom stereocenters. The van der Waals surface area contributed by atoms with Gasteiger partial charge in [0.1, 0.15) is 5.60 Å². The maximum atomic E-state index is 9.16. The molecule has 0 bridgehead atoms. The highest BCUT2D eigenvalue weighted by atomic mass is 16.3. The Balaban J connectivity index is 3.97. The minimum Gasteiger partial charge on any atom is -0.378 e. The molecule has 0 heterocycles. The molecule has 0 saturated carbocycles. The van der Waals surface area contributed by atoms with Crippen LogP contribution in [-0.2, 0) is 0 Å². The SMILES string of the molecule is C#CC(C)(O)C(C)C. The van der Waals surface area contributed by atoms with Gasteiger partial charge in [0.05, 0.1) is 0 Å². The van der Waals surface area contributed by atoms with Gasteiger partial charge in [-0.3, -0.25) is 0 Å². The summed E-state index contributed by atoms with van der Waals surface area (Å²) in [6, 6.07) is 0. The molecule has 46 valence electrons. The fourth-order valence-corrected chi connectivity index (χ4v) is 0.167. The first-order valence-corrected chi connectivity index (χ1v) is 2.71. The smallest absolute Gasteiger partial charge is 0.124 e. The van der Waals surface area contributed by atoms with Crippen LogP contribution in [0.1, 0.15) is 20.8 Å². The lowest BCUT2D eigenvalue weighted by Gasteiger charge is -2.19. The predicted molar refractivity (Wildman–Crippen MR) is 34.3 cm³/mol. The Bertz CT molecular complexity index is 106. The fraction of sp³-hybridized carbons (Fsp3) is 0.714. The molecular formula is C7H12O. The van der Waals surface area contributed by atoms with Gasteiger partial charge in [0, 0.05) is 0 Å². The summed E-state index contributed by atoms with van der Waals surface area (Å²) in [4.78, 5) is 0. The fourth-order valence-electron chi connectivity index (χ4n) is 0.167. The largest absolute Gasteiger partial charge is 0.378 e. The third-order valence-electron chi connectivity index (χ3n) is 1.42. The normalized spacial score (nSPS) is 17.5. The topological polar surface area (TPSA) is 20.2 Å². The van der Waals surface area contributed by atoms with Crippen LogP contribution >= 0.6 is 0 Å². The first kappa shape index (κ1) is 7.52. The lowest BCUT2D eigenvalue weighted by atomic mass is 9.94. The Morgan fingerprint density at radius 2 is 2.00 bits per heavy atom. The third-order valence-corrected chi connectivity index (χ3v) is 1.42. The van der Waals surface area contributed by atoms with Crippen LogP contribution in [0.5, 0.6) is 0 Å². The quantitative estimate of drug-likeness (QED) is 0.502. The molecule has 1 N–H and O–H groups in total. The lowest BCUT2D eigenvalue weighted by molar-refractivity contribution is 0.0728. The molecule has 0 aromatic rings. The minimum atomic E-state index is -0.931. The van der Waals surface area contributed by atoms with E-state index in [2.05, 4.69) is 5.92 Å². The van der Waals surface area contributed by atoms with E-state index < -0.39 is 5.60 Å². The van der Waals surface area contributed by atoms with Crippen LogP contribution in [0.15, 0.2) is 0 Å². The zero-order chi connectivity index (χ0) is 6.78. The van der Waals surface area contributed by atoms with E-state index in [9.17, 15) is 0 Å². The second-order valence-electron chi connectivity index (χ2n) is 2.45. The van der Waals surface area contributed by atoms with Crippen molar-refractivity contribution in [1.29, 1.82) is 0 Å². The van der Waals surface area contributed by atoms with Gasteiger partial charge in [0.25, 0.3) is 0 Å². The molecule has 1 atom stereocenters. The van der Waals surface area contributed by atoms with E-state index in [1.165, 1.54) is 0 Å². The van der Waals surface area contributed by atoms with Crippen molar-refractivity contribution >= 4 is 0 Å². The van der Waals surface area contributed by atoms with Crippen LogP contribution < -0.4 is 0 Å². The van der Waals surface area contributed by atoms with E-state index >= 15 is 0 Å². The number of hydrogen-bond donors (Lipinski definition) is 1. The third kappa shape index (κ3) is 1.55. The number of terminal acetylenes is 1. The number of hydrogen-bond acceptors (Lipinski definition) is 1. The van der Waals surface area contributed by atoms with Gasteiger partial charge < -0.3 is 5.11 Å². The zero-order valence-electron chi connectivity index (χ0n) is 5.60. The Hall–Kier alpha value is -0.480. The molecule has 0 aromatic heterocycles. The van der Waals surface area contributed by atoms with E-state index in [0.29, 0.717) is 0 Å². The molecule has 0 amide bonds. The van der Waals surface area contributed by atoms with Crippen molar-refractivity contribution in [2.24, 2.45) is 5.92 Å². The van der Waals surface area contributed by atoms with Crippen LogP contribution in [0.3, 0.4) is 0 Å². The maximum Gasteiger partial charge on any atom is 0.124 e. The highest BCUT2D eigenvalue weighted by Gasteiger charge is 2.20. The molecule has 8 heavy (non-hydrogen) atoms. The van der Waals surface area contributed by atoms with E-state index in [1.807, 2.05) is 13.8 Å².